The Bertz CT molecular complexity index is 744. The van der Waals surface area contributed by atoms with Gasteiger partial charge in [-0.3, -0.25) is 4.79 Å². The summed E-state index contributed by atoms with van der Waals surface area (Å²) in [6, 6.07) is 9.54. The van der Waals surface area contributed by atoms with Gasteiger partial charge in [0.05, 0.1) is 22.7 Å². The largest absolute Gasteiger partial charge is 0.465 e. The van der Waals surface area contributed by atoms with E-state index in [1.807, 2.05) is 6.92 Å². The van der Waals surface area contributed by atoms with E-state index < -0.39 is 5.97 Å². The van der Waals surface area contributed by atoms with Crippen LogP contribution in [0.1, 0.15) is 26.3 Å². The summed E-state index contributed by atoms with van der Waals surface area (Å²) in [5.41, 5.74) is 2.08. The third-order valence-electron chi connectivity index (χ3n) is 3.09. The summed E-state index contributed by atoms with van der Waals surface area (Å²) < 4.78 is 4.67. The SMILES string of the molecule is COC(=O)c1ccc(C)c(NC(=O)c2ccc(Cl)c(Cl)c2)c1. The Morgan fingerprint density at radius 2 is 1.68 bits per heavy atom. The smallest absolute Gasteiger partial charge is 0.337 e. The summed E-state index contributed by atoms with van der Waals surface area (Å²) in [6.07, 6.45) is 0. The van der Waals surface area contributed by atoms with Crippen LogP contribution in [0, 0.1) is 6.92 Å². The molecule has 1 N–H and O–H groups in total. The number of carbonyl (C=O) groups is 2. The molecule has 6 heteroatoms. The van der Waals surface area contributed by atoms with Crippen molar-refractivity contribution in [3.8, 4) is 0 Å². The zero-order valence-electron chi connectivity index (χ0n) is 11.9. The molecule has 0 bridgehead atoms. The first kappa shape index (κ1) is 16.3. The van der Waals surface area contributed by atoms with E-state index in [0.29, 0.717) is 26.9 Å². The number of nitrogens with one attached hydrogen (secondary N) is 1. The Hall–Kier alpha value is -2.04. The minimum absolute atomic E-state index is 0.300. The monoisotopic (exact) mass is 337 g/mol. The molecule has 0 saturated heterocycles. The van der Waals surface area contributed by atoms with E-state index in [0.717, 1.165) is 5.56 Å². The molecule has 1 amide bonds. The fourth-order valence-electron chi connectivity index (χ4n) is 1.83. The zero-order valence-corrected chi connectivity index (χ0v) is 13.5. The predicted molar refractivity (Wildman–Crippen MR) is 86.9 cm³/mol. The minimum Gasteiger partial charge on any atom is -0.465 e. The highest BCUT2D eigenvalue weighted by atomic mass is 35.5. The van der Waals surface area contributed by atoms with Crippen molar-refractivity contribution in [1.29, 1.82) is 0 Å². The maximum atomic E-state index is 12.3. The van der Waals surface area contributed by atoms with Crippen LogP contribution in [0.2, 0.25) is 10.0 Å². The van der Waals surface area contributed by atoms with Gasteiger partial charge in [-0.15, -0.1) is 0 Å². The molecule has 0 atom stereocenters. The number of halogens is 2. The fraction of sp³-hybridized carbons (Fsp3) is 0.125. The van der Waals surface area contributed by atoms with E-state index >= 15 is 0 Å². The summed E-state index contributed by atoms with van der Waals surface area (Å²) >= 11 is 11.7. The molecular weight excluding hydrogens is 325 g/mol. The van der Waals surface area contributed by atoms with Crippen molar-refractivity contribution in [1.82, 2.24) is 0 Å². The molecule has 0 fully saturated rings. The summed E-state index contributed by atoms with van der Waals surface area (Å²) in [5, 5.41) is 3.42. The second kappa shape index (κ2) is 6.81. The molecule has 2 aromatic rings. The van der Waals surface area contributed by atoms with Gasteiger partial charge < -0.3 is 10.1 Å². The average Bonchev–Trinajstić information content (AvgIpc) is 2.51. The van der Waals surface area contributed by atoms with Crippen molar-refractivity contribution in [3.05, 3.63) is 63.1 Å². The molecule has 0 unspecified atom stereocenters. The first-order chi connectivity index (χ1) is 10.4. The van der Waals surface area contributed by atoms with E-state index in [4.69, 9.17) is 23.2 Å². The third kappa shape index (κ3) is 3.59. The topological polar surface area (TPSA) is 55.4 Å². The molecule has 0 heterocycles. The van der Waals surface area contributed by atoms with E-state index in [1.165, 1.54) is 13.2 Å². The molecule has 0 aliphatic rings. The number of aryl methyl sites for hydroxylation is 1. The molecule has 0 aliphatic heterocycles. The molecule has 0 aromatic heterocycles. The first-order valence-electron chi connectivity index (χ1n) is 6.37. The van der Waals surface area contributed by atoms with Gasteiger partial charge in [-0.1, -0.05) is 29.3 Å². The van der Waals surface area contributed by atoms with E-state index in [2.05, 4.69) is 10.1 Å². The molecule has 0 radical (unpaired) electrons. The number of methoxy groups -OCH3 is 1. The van der Waals surface area contributed by atoms with Gasteiger partial charge in [0.2, 0.25) is 0 Å². The summed E-state index contributed by atoms with van der Waals surface area (Å²) in [5.74, 6) is -0.811. The number of hydrogen-bond acceptors (Lipinski definition) is 3. The van der Waals surface area contributed by atoms with Crippen LogP contribution in [0.15, 0.2) is 36.4 Å². The van der Waals surface area contributed by atoms with Gasteiger partial charge in [0.15, 0.2) is 0 Å². The van der Waals surface area contributed by atoms with E-state index in [1.54, 1.807) is 30.3 Å². The molecule has 0 spiro atoms. The Morgan fingerprint density at radius 3 is 2.32 bits per heavy atom. The molecule has 2 rings (SSSR count). The Labute approximate surface area is 138 Å². The lowest BCUT2D eigenvalue weighted by Gasteiger charge is -2.10. The number of hydrogen-bond donors (Lipinski definition) is 1. The van der Waals surface area contributed by atoms with Crippen LogP contribution in [-0.4, -0.2) is 19.0 Å². The van der Waals surface area contributed by atoms with Gasteiger partial charge in [0, 0.05) is 11.3 Å². The third-order valence-corrected chi connectivity index (χ3v) is 3.83. The van der Waals surface area contributed by atoms with Crippen LogP contribution in [0.5, 0.6) is 0 Å². The van der Waals surface area contributed by atoms with Gasteiger partial charge in [-0.05, 0) is 42.8 Å². The molecular formula is C16H13Cl2NO3. The normalized spacial score (nSPS) is 10.2. The van der Waals surface area contributed by atoms with Crippen LogP contribution in [-0.2, 0) is 4.74 Å². The standard InChI is InChI=1S/C16H13Cl2NO3/c1-9-3-4-11(16(21)22-2)8-14(9)19-15(20)10-5-6-12(17)13(18)7-10/h3-8H,1-2H3,(H,19,20). The Kier molecular flexibility index (Phi) is 5.06. The molecule has 2 aromatic carbocycles. The van der Waals surface area contributed by atoms with Crippen LogP contribution < -0.4 is 5.32 Å². The van der Waals surface area contributed by atoms with E-state index in [9.17, 15) is 9.59 Å². The highest BCUT2D eigenvalue weighted by molar-refractivity contribution is 6.42. The van der Waals surface area contributed by atoms with Gasteiger partial charge >= 0.3 is 5.97 Å². The highest BCUT2D eigenvalue weighted by Gasteiger charge is 2.12. The second-order valence-electron chi connectivity index (χ2n) is 4.60. The van der Waals surface area contributed by atoms with Crippen molar-refractivity contribution in [2.24, 2.45) is 0 Å². The van der Waals surface area contributed by atoms with Crippen molar-refractivity contribution >= 4 is 40.8 Å². The minimum atomic E-state index is -0.468. The Morgan fingerprint density at radius 1 is 1.00 bits per heavy atom. The number of ether oxygens (including phenoxy) is 1. The maximum Gasteiger partial charge on any atom is 0.337 e. The first-order valence-corrected chi connectivity index (χ1v) is 7.13. The predicted octanol–water partition coefficient (Wildman–Crippen LogP) is 4.34. The second-order valence-corrected chi connectivity index (χ2v) is 5.42. The lowest BCUT2D eigenvalue weighted by Crippen LogP contribution is -2.13. The lowest BCUT2D eigenvalue weighted by atomic mass is 10.1. The van der Waals surface area contributed by atoms with Crippen LogP contribution in [0.3, 0.4) is 0 Å². The van der Waals surface area contributed by atoms with Crippen LogP contribution >= 0.6 is 23.2 Å². The quantitative estimate of drug-likeness (QED) is 0.847. The highest BCUT2D eigenvalue weighted by Crippen LogP contribution is 2.24. The lowest BCUT2D eigenvalue weighted by molar-refractivity contribution is 0.0600. The number of anilines is 1. The number of amides is 1. The van der Waals surface area contributed by atoms with Gasteiger partial charge in [0.25, 0.3) is 5.91 Å². The number of rotatable bonds is 3. The van der Waals surface area contributed by atoms with Crippen LogP contribution in [0.25, 0.3) is 0 Å². The molecule has 4 nitrogen and oxygen atoms in total. The van der Waals surface area contributed by atoms with Gasteiger partial charge in [-0.25, -0.2) is 4.79 Å². The average molecular weight is 338 g/mol. The number of esters is 1. The van der Waals surface area contributed by atoms with E-state index in [-0.39, 0.29) is 5.91 Å². The summed E-state index contributed by atoms with van der Waals surface area (Å²) in [7, 11) is 1.30. The van der Waals surface area contributed by atoms with Crippen LogP contribution in [0.4, 0.5) is 5.69 Å². The molecule has 22 heavy (non-hydrogen) atoms. The number of carbonyl (C=O) groups excluding carboxylic acids is 2. The zero-order chi connectivity index (χ0) is 16.3. The van der Waals surface area contributed by atoms with Gasteiger partial charge in [0.1, 0.15) is 0 Å². The molecule has 114 valence electrons. The summed E-state index contributed by atoms with van der Waals surface area (Å²) in [4.78, 5) is 23.8. The Balaban J connectivity index is 2.27. The fourth-order valence-corrected chi connectivity index (χ4v) is 2.13. The molecule has 0 saturated carbocycles. The van der Waals surface area contributed by atoms with Gasteiger partial charge in [-0.2, -0.15) is 0 Å². The summed E-state index contributed by atoms with van der Waals surface area (Å²) in [6.45, 7) is 1.82. The van der Waals surface area contributed by atoms with Crippen molar-refractivity contribution < 1.29 is 14.3 Å². The molecule has 0 aliphatic carbocycles. The van der Waals surface area contributed by atoms with Crippen molar-refractivity contribution in [2.45, 2.75) is 6.92 Å². The maximum absolute atomic E-state index is 12.3. The van der Waals surface area contributed by atoms with Crippen molar-refractivity contribution in [2.75, 3.05) is 12.4 Å². The van der Waals surface area contributed by atoms with Crippen molar-refractivity contribution in [3.63, 3.8) is 0 Å². The number of benzene rings is 2.